The average molecular weight is 300 g/mol. The number of nitrogens with zero attached hydrogens (tertiary/aromatic N) is 2. The third-order valence-corrected chi connectivity index (χ3v) is 4.96. The number of hydrogen-bond acceptors (Lipinski definition) is 3. The van der Waals surface area contributed by atoms with Crippen LogP contribution in [-0.4, -0.2) is 15.0 Å². The maximum Gasteiger partial charge on any atom is 0.239 e. The van der Waals surface area contributed by atoms with Crippen LogP contribution >= 0.6 is 0 Å². The second-order valence-electron chi connectivity index (χ2n) is 4.53. The predicted molar refractivity (Wildman–Crippen MR) is 83.2 cm³/mol. The van der Waals surface area contributed by atoms with Crippen molar-refractivity contribution in [3.8, 4) is 6.07 Å². The van der Waals surface area contributed by atoms with E-state index in [1.54, 1.807) is 55.5 Å². The zero-order valence-corrected chi connectivity index (χ0v) is 12.5. The SMILES string of the molecule is CCN(c1ccccc1)S(=O)(=O)Cc1ccccc1C#N. The fourth-order valence-electron chi connectivity index (χ4n) is 2.16. The molecular formula is C16H16N2O2S. The van der Waals surface area contributed by atoms with Gasteiger partial charge in [0, 0.05) is 6.54 Å². The first-order valence-electron chi connectivity index (χ1n) is 6.62. The molecule has 0 saturated carbocycles. The van der Waals surface area contributed by atoms with Crippen LogP contribution in [0.15, 0.2) is 54.6 Å². The van der Waals surface area contributed by atoms with Crippen LogP contribution in [0.1, 0.15) is 18.1 Å². The molecule has 2 aromatic carbocycles. The van der Waals surface area contributed by atoms with Crippen molar-refractivity contribution in [1.82, 2.24) is 0 Å². The Morgan fingerprint density at radius 3 is 2.29 bits per heavy atom. The van der Waals surface area contributed by atoms with Crippen molar-refractivity contribution in [3.05, 3.63) is 65.7 Å². The molecule has 0 spiro atoms. The lowest BCUT2D eigenvalue weighted by molar-refractivity contribution is 0.591. The molecule has 0 aliphatic rings. The van der Waals surface area contributed by atoms with Crippen LogP contribution in [0.5, 0.6) is 0 Å². The average Bonchev–Trinajstić information content (AvgIpc) is 2.49. The number of benzene rings is 2. The zero-order chi connectivity index (χ0) is 15.3. The summed E-state index contributed by atoms with van der Waals surface area (Å²) in [5, 5.41) is 9.07. The molecule has 0 N–H and O–H groups in total. The van der Waals surface area contributed by atoms with Crippen molar-refractivity contribution in [1.29, 1.82) is 5.26 Å². The summed E-state index contributed by atoms with van der Waals surface area (Å²) in [6.07, 6.45) is 0. The van der Waals surface area contributed by atoms with Crippen molar-refractivity contribution in [2.45, 2.75) is 12.7 Å². The van der Waals surface area contributed by atoms with Crippen molar-refractivity contribution >= 4 is 15.7 Å². The van der Waals surface area contributed by atoms with Crippen molar-refractivity contribution < 1.29 is 8.42 Å². The van der Waals surface area contributed by atoms with Gasteiger partial charge >= 0.3 is 0 Å². The lowest BCUT2D eigenvalue weighted by atomic mass is 10.1. The van der Waals surface area contributed by atoms with Crippen LogP contribution in [0.3, 0.4) is 0 Å². The van der Waals surface area contributed by atoms with Gasteiger partial charge in [-0.05, 0) is 30.7 Å². The van der Waals surface area contributed by atoms with Crippen LogP contribution in [0.4, 0.5) is 5.69 Å². The highest BCUT2D eigenvalue weighted by atomic mass is 32.2. The van der Waals surface area contributed by atoms with E-state index >= 15 is 0 Å². The number of sulfonamides is 1. The van der Waals surface area contributed by atoms with Crippen molar-refractivity contribution in [2.24, 2.45) is 0 Å². The minimum absolute atomic E-state index is 0.181. The van der Waals surface area contributed by atoms with Gasteiger partial charge in [-0.15, -0.1) is 0 Å². The number of anilines is 1. The van der Waals surface area contributed by atoms with Crippen LogP contribution in [0.2, 0.25) is 0 Å². The Morgan fingerprint density at radius 1 is 1.05 bits per heavy atom. The standard InChI is InChI=1S/C16H16N2O2S/c1-2-18(16-10-4-3-5-11-16)21(19,20)13-15-9-7-6-8-14(15)12-17/h3-11H,2,13H2,1H3. The molecule has 2 rings (SSSR count). The molecule has 0 aromatic heterocycles. The quantitative estimate of drug-likeness (QED) is 0.853. The van der Waals surface area contributed by atoms with E-state index in [1.165, 1.54) is 4.31 Å². The highest BCUT2D eigenvalue weighted by Gasteiger charge is 2.22. The number of nitriles is 1. The monoisotopic (exact) mass is 300 g/mol. The Labute approximate surface area is 125 Å². The number of rotatable bonds is 5. The van der Waals surface area contributed by atoms with E-state index in [0.29, 0.717) is 23.4 Å². The van der Waals surface area contributed by atoms with E-state index in [-0.39, 0.29) is 5.75 Å². The summed E-state index contributed by atoms with van der Waals surface area (Å²) in [5.74, 6) is -0.181. The van der Waals surface area contributed by atoms with E-state index in [4.69, 9.17) is 5.26 Å². The van der Waals surface area contributed by atoms with Gasteiger partial charge in [-0.25, -0.2) is 8.42 Å². The fourth-order valence-corrected chi connectivity index (χ4v) is 3.80. The van der Waals surface area contributed by atoms with Gasteiger partial charge in [0.15, 0.2) is 0 Å². The minimum atomic E-state index is -3.53. The molecule has 2 aromatic rings. The summed E-state index contributed by atoms with van der Waals surface area (Å²) in [6, 6.07) is 17.8. The van der Waals surface area contributed by atoms with Gasteiger partial charge < -0.3 is 0 Å². The summed E-state index contributed by atoms with van der Waals surface area (Å²) in [5.41, 5.74) is 1.55. The molecule has 21 heavy (non-hydrogen) atoms. The topological polar surface area (TPSA) is 61.2 Å². The van der Waals surface area contributed by atoms with E-state index < -0.39 is 10.0 Å². The molecule has 0 unspecified atom stereocenters. The van der Waals surface area contributed by atoms with Gasteiger partial charge in [0.05, 0.1) is 23.1 Å². The lowest BCUT2D eigenvalue weighted by Crippen LogP contribution is -2.32. The Hall–Kier alpha value is -2.32. The first-order chi connectivity index (χ1) is 10.1. The maximum absolute atomic E-state index is 12.6. The Balaban J connectivity index is 2.35. The minimum Gasteiger partial charge on any atom is -0.270 e. The molecule has 0 heterocycles. The maximum atomic E-state index is 12.6. The van der Waals surface area contributed by atoms with Gasteiger partial charge in [-0.2, -0.15) is 5.26 Å². The Morgan fingerprint density at radius 2 is 1.67 bits per heavy atom. The van der Waals surface area contributed by atoms with Crippen LogP contribution in [-0.2, 0) is 15.8 Å². The highest BCUT2D eigenvalue weighted by Crippen LogP contribution is 2.21. The molecule has 5 heteroatoms. The summed E-state index contributed by atoms with van der Waals surface area (Å²) in [4.78, 5) is 0. The van der Waals surface area contributed by atoms with E-state index in [2.05, 4.69) is 0 Å². The zero-order valence-electron chi connectivity index (χ0n) is 11.7. The first kappa shape index (κ1) is 15.1. The molecule has 0 bridgehead atoms. The fraction of sp³-hybridized carbons (Fsp3) is 0.188. The Bertz CT molecular complexity index is 749. The molecule has 0 aliphatic heterocycles. The van der Waals surface area contributed by atoms with Gasteiger partial charge in [-0.1, -0.05) is 36.4 Å². The second-order valence-corrected chi connectivity index (χ2v) is 6.42. The van der Waals surface area contributed by atoms with Gasteiger partial charge in [-0.3, -0.25) is 4.31 Å². The van der Waals surface area contributed by atoms with Crippen molar-refractivity contribution in [3.63, 3.8) is 0 Å². The van der Waals surface area contributed by atoms with Gasteiger partial charge in [0.2, 0.25) is 10.0 Å². The molecule has 0 fully saturated rings. The number of para-hydroxylation sites is 1. The summed E-state index contributed by atoms with van der Waals surface area (Å²) >= 11 is 0. The molecule has 0 atom stereocenters. The predicted octanol–water partition coefficient (Wildman–Crippen LogP) is 2.91. The van der Waals surface area contributed by atoms with Crippen LogP contribution in [0.25, 0.3) is 0 Å². The normalized spacial score (nSPS) is 10.9. The second kappa shape index (κ2) is 6.42. The lowest BCUT2D eigenvalue weighted by Gasteiger charge is -2.23. The largest absolute Gasteiger partial charge is 0.270 e. The molecule has 108 valence electrons. The molecule has 4 nitrogen and oxygen atoms in total. The van der Waals surface area contributed by atoms with Crippen molar-refractivity contribution in [2.75, 3.05) is 10.8 Å². The summed E-state index contributed by atoms with van der Waals surface area (Å²) in [6.45, 7) is 2.14. The molecular weight excluding hydrogens is 284 g/mol. The summed E-state index contributed by atoms with van der Waals surface area (Å²) < 4.78 is 26.6. The third-order valence-electron chi connectivity index (χ3n) is 3.14. The third kappa shape index (κ3) is 3.41. The van der Waals surface area contributed by atoms with E-state index in [1.807, 2.05) is 12.1 Å². The van der Waals surface area contributed by atoms with Gasteiger partial charge in [0.25, 0.3) is 0 Å². The Kier molecular flexibility index (Phi) is 4.61. The molecule has 0 amide bonds. The molecule has 0 saturated heterocycles. The molecule has 0 radical (unpaired) electrons. The summed E-state index contributed by atoms with van der Waals surface area (Å²) in [7, 11) is -3.53. The van der Waals surface area contributed by atoms with E-state index in [9.17, 15) is 8.42 Å². The first-order valence-corrected chi connectivity index (χ1v) is 8.23. The van der Waals surface area contributed by atoms with Crippen LogP contribution < -0.4 is 4.31 Å². The highest BCUT2D eigenvalue weighted by molar-refractivity contribution is 7.92. The molecule has 0 aliphatic carbocycles. The smallest absolute Gasteiger partial charge is 0.239 e. The van der Waals surface area contributed by atoms with Gasteiger partial charge in [0.1, 0.15) is 0 Å². The number of hydrogen-bond donors (Lipinski definition) is 0. The van der Waals surface area contributed by atoms with E-state index in [0.717, 1.165) is 0 Å². The van der Waals surface area contributed by atoms with Crippen LogP contribution in [0, 0.1) is 11.3 Å².